The van der Waals surface area contributed by atoms with Gasteiger partial charge in [0.1, 0.15) is 11.7 Å². The fourth-order valence-corrected chi connectivity index (χ4v) is 4.05. The molecule has 0 aromatic carbocycles. The van der Waals surface area contributed by atoms with E-state index in [9.17, 15) is 4.79 Å². The van der Waals surface area contributed by atoms with Gasteiger partial charge in [0, 0.05) is 36.7 Å². The van der Waals surface area contributed by atoms with Gasteiger partial charge in [-0.3, -0.25) is 9.78 Å². The summed E-state index contributed by atoms with van der Waals surface area (Å²) in [5.74, 6) is -0.367. The molecule has 158 valence electrons. The number of fused-ring (bicyclic) bond motifs is 2. The van der Waals surface area contributed by atoms with Gasteiger partial charge in [0.25, 0.3) is 5.89 Å². The average molecular weight is 427 g/mol. The van der Waals surface area contributed by atoms with Crippen LogP contribution in [-0.2, 0) is 6.42 Å². The van der Waals surface area contributed by atoms with Crippen molar-refractivity contribution >= 4 is 11.4 Å². The molecular weight excluding hydrogens is 410 g/mol. The molecule has 6 rings (SSSR count). The topological polar surface area (TPSA) is 131 Å². The van der Waals surface area contributed by atoms with Crippen LogP contribution in [0.3, 0.4) is 0 Å². The summed E-state index contributed by atoms with van der Waals surface area (Å²) in [5.41, 5.74) is 4.81. The number of imidazole rings is 1. The molecule has 0 aliphatic carbocycles. The summed E-state index contributed by atoms with van der Waals surface area (Å²) in [5, 5.41) is 12.7. The van der Waals surface area contributed by atoms with Crippen LogP contribution in [0.1, 0.15) is 39.5 Å². The fraction of sp³-hybridized carbons (Fsp3) is 0.190. The van der Waals surface area contributed by atoms with Gasteiger partial charge in [-0.15, -0.1) is 10.2 Å². The lowest BCUT2D eigenvalue weighted by Crippen LogP contribution is -2.41. The highest BCUT2D eigenvalue weighted by atomic mass is 16.4. The molecule has 11 heteroatoms. The molecule has 0 spiro atoms. The predicted octanol–water partition coefficient (Wildman–Crippen LogP) is 1.99. The molecule has 6 heterocycles. The Labute approximate surface area is 181 Å². The molecular formula is C21H17N9O2. The van der Waals surface area contributed by atoms with Gasteiger partial charge < -0.3 is 14.3 Å². The van der Waals surface area contributed by atoms with Crippen molar-refractivity contribution in [2.24, 2.45) is 0 Å². The molecule has 1 atom stereocenters. The molecule has 1 aliphatic rings. The Hall–Kier alpha value is -4.41. The Kier molecular flexibility index (Phi) is 4.06. The number of aromatic amines is 1. The van der Waals surface area contributed by atoms with Crippen molar-refractivity contribution in [2.75, 3.05) is 6.54 Å². The minimum absolute atomic E-state index is 0.116. The normalized spacial score (nSPS) is 15.8. The van der Waals surface area contributed by atoms with Gasteiger partial charge in [0.05, 0.1) is 29.4 Å². The fourth-order valence-electron chi connectivity index (χ4n) is 4.05. The molecule has 0 radical (unpaired) electrons. The summed E-state index contributed by atoms with van der Waals surface area (Å²) in [4.78, 5) is 31.0. The molecule has 11 nitrogen and oxygen atoms in total. The lowest BCUT2D eigenvalue weighted by Gasteiger charge is -2.32. The van der Waals surface area contributed by atoms with Gasteiger partial charge in [-0.2, -0.15) is 5.10 Å². The number of rotatable bonds is 3. The summed E-state index contributed by atoms with van der Waals surface area (Å²) < 4.78 is 7.51. The predicted molar refractivity (Wildman–Crippen MR) is 110 cm³/mol. The molecule has 1 amide bonds. The highest BCUT2D eigenvalue weighted by Gasteiger charge is 2.38. The first-order valence-electron chi connectivity index (χ1n) is 10.1. The van der Waals surface area contributed by atoms with Gasteiger partial charge in [-0.25, -0.2) is 14.5 Å². The second-order valence-corrected chi connectivity index (χ2v) is 7.49. The van der Waals surface area contributed by atoms with Gasteiger partial charge in [-0.05, 0) is 25.1 Å². The van der Waals surface area contributed by atoms with E-state index in [1.54, 1.807) is 17.4 Å². The van der Waals surface area contributed by atoms with Crippen LogP contribution in [0.2, 0.25) is 0 Å². The summed E-state index contributed by atoms with van der Waals surface area (Å²) in [7, 11) is 0. The van der Waals surface area contributed by atoms with E-state index in [1.807, 2.05) is 35.7 Å². The Morgan fingerprint density at radius 3 is 3.00 bits per heavy atom. The van der Waals surface area contributed by atoms with Gasteiger partial charge in [0.15, 0.2) is 0 Å². The Bertz CT molecular complexity index is 1440. The van der Waals surface area contributed by atoms with E-state index in [-0.39, 0.29) is 17.7 Å². The van der Waals surface area contributed by atoms with Gasteiger partial charge in [0.2, 0.25) is 0 Å². The minimum atomic E-state index is -0.483. The van der Waals surface area contributed by atoms with Crippen molar-refractivity contribution in [2.45, 2.75) is 19.4 Å². The molecule has 0 fully saturated rings. The smallest absolute Gasteiger partial charge is 0.312 e. The number of hydrogen-bond donors (Lipinski definition) is 1. The lowest BCUT2D eigenvalue weighted by atomic mass is 9.99. The molecule has 0 saturated heterocycles. The van der Waals surface area contributed by atoms with E-state index in [0.29, 0.717) is 18.7 Å². The quantitative estimate of drug-likeness (QED) is 0.462. The molecule has 1 N–H and O–H groups in total. The number of carbonyl (C=O) groups excluding carboxylic acids is 1. The molecule has 1 unspecified atom stereocenters. The standard InChI is InChI=1S/C21H17N9O2/c1-12-3-2-4-13-9-15(28-30(12)13)18-17-14(24-11-25-17)5-8-29(18)21(31)20-27-26-19(32-20)16-10-22-6-7-23-16/h2-4,6-7,9-11,18H,5,8H2,1H3,(H,24,25). The van der Waals surface area contributed by atoms with E-state index in [1.165, 1.54) is 12.4 Å². The summed E-state index contributed by atoms with van der Waals surface area (Å²) in [6.07, 6.45) is 6.84. The first-order valence-corrected chi connectivity index (χ1v) is 10.1. The van der Waals surface area contributed by atoms with Crippen molar-refractivity contribution in [1.29, 1.82) is 0 Å². The first kappa shape index (κ1) is 18.4. The zero-order chi connectivity index (χ0) is 21.7. The molecule has 0 bridgehead atoms. The van der Waals surface area contributed by atoms with E-state index in [2.05, 4.69) is 30.1 Å². The van der Waals surface area contributed by atoms with Crippen LogP contribution in [0.25, 0.3) is 17.1 Å². The van der Waals surface area contributed by atoms with E-state index in [0.717, 1.165) is 28.3 Å². The maximum absolute atomic E-state index is 13.5. The third-order valence-electron chi connectivity index (χ3n) is 5.55. The van der Waals surface area contributed by atoms with Crippen molar-refractivity contribution in [3.05, 3.63) is 77.8 Å². The van der Waals surface area contributed by atoms with E-state index < -0.39 is 6.04 Å². The summed E-state index contributed by atoms with van der Waals surface area (Å²) >= 11 is 0. The Morgan fingerprint density at radius 2 is 2.16 bits per heavy atom. The second kappa shape index (κ2) is 7.08. The van der Waals surface area contributed by atoms with Gasteiger partial charge >= 0.3 is 11.8 Å². The average Bonchev–Trinajstić information content (AvgIpc) is 3.58. The molecule has 32 heavy (non-hydrogen) atoms. The second-order valence-electron chi connectivity index (χ2n) is 7.49. The van der Waals surface area contributed by atoms with Crippen molar-refractivity contribution in [3.63, 3.8) is 0 Å². The number of aromatic nitrogens is 8. The van der Waals surface area contributed by atoms with Crippen molar-refractivity contribution < 1.29 is 9.21 Å². The maximum atomic E-state index is 13.5. The third kappa shape index (κ3) is 2.86. The maximum Gasteiger partial charge on any atom is 0.312 e. The van der Waals surface area contributed by atoms with Crippen molar-refractivity contribution in [1.82, 2.24) is 44.6 Å². The Morgan fingerprint density at radius 1 is 1.22 bits per heavy atom. The van der Waals surface area contributed by atoms with E-state index in [4.69, 9.17) is 9.52 Å². The molecule has 0 saturated carbocycles. The number of nitrogens with one attached hydrogen (secondary N) is 1. The zero-order valence-corrected chi connectivity index (χ0v) is 17.0. The van der Waals surface area contributed by atoms with Crippen LogP contribution in [0.5, 0.6) is 0 Å². The minimum Gasteiger partial charge on any atom is -0.411 e. The number of nitrogens with zero attached hydrogens (tertiary/aromatic N) is 8. The van der Waals surface area contributed by atoms with Crippen LogP contribution in [0, 0.1) is 6.92 Å². The van der Waals surface area contributed by atoms with Crippen LogP contribution >= 0.6 is 0 Å². The monoisotopic (exact) mass is 427 g/mol. The zero-order valence-electron chi connectivity index (χ0n) is 17.0. The third-order valence-corrected chi connectivity index (χ3v) is 5.55. The van der Waals surface area contributed by atoms with Crippen LogP contribution in [0.15, 0.2) is 53.6 Å². The summed E-state index contributed by atoms with van der Waals surface area (Å²) in [6.45, 7) is 2.44. The number of H-pyrrole nitrogens is 1. The SMILES string of the molecule is Cc1cccc2cc(C3c4nc[nH]c4CCN3C(=O)c3nnc(-c4cnccn4)o3)nn12. The van der Waals surface area contributed by atoms with Crippen LogP contribution in [-0.4, -0.2) is 57.1 Å². The molecule has 5 aromatic rings. The highest BCUT2D eigenvalue weighted by Crippen LogP contribution is 2.34. The summed E-state index contributed by atoms with van der Waals surface area (Å²) in [6, 6.07) is 7.44. The van der Waals surface area contributed by atoms with Crippen LogP contribution < -0.4 is 0 Å². The van der Waals surface area contributed by atoms with Gasteiger partial charge in [-0.1, -0.05) is 6.07 Å². The van der Waals surface area contributed by atoms with E-state index >= 15 is 0 Å². The first-order chi connectivity index (χ1) is 15.7. The Balaban J connectivity index is 1.41. The highest BCUT2D eigenvalue weighted by molar-refractivity contribution is 5.90. The number of amides is 1. The molecule has 5 aromatic heterocycles. The lowest BCUT2D eigenvalue weighted by molar-refractivity contribution is 0.0646. The van der Waals surface area contributed by atoms with Crippen LogP contribution in [0.4, 0.5) is 0 Å². The largest absolute Gasteiger partial charge is 0.411 e. The number of hydrogen-bond acceptors (Lipinski definition) is 8. The van der Waals surface area contributed by atoms with Crippen molar-refractivity contribution in [3.8, 4) is 11.6 Å². The molecule has 1 aliphatic heterocycles. The number of pyridine rings is 1. The number of aryl methyl sites for hydroxylation is 1. The number of carbonyl (C=O) groups is 1.